The fourth-order valence-electron chi connectivity index (χ4n) is 5.90. The van der Waals surface area contributed by atoms with Gasteiger partial charge in [-0.3, -0.25) is 0 Å². The van der Waals surface area contributed by atoms with Crippen molar-refractivity contribution >= 4 is 5.97 Å². The molecule has 0 saturated heterocycles. The van der Waals surface area contributed by atoms with Gasteiger partial charge in [-0.25, -0.2) is 0 Å². The third kappa shape index (κ3) is 31.8. The molecule has 0 fully saturated rings. The van der Waals surface area contributed by atoms with Crippen LogP contribution in [-0.4, -0.2) is 48.8 Å². The monoisotopic (exact) mass is 554 g/mol. The average Bonchev–Trinajstić information content (AvgIpc) is 2.88. The first-order valence-electron chi connectivity index (χ1n) is 17.6. The van der Waals surface area contributed by atoms with Crippen LogP contribution in [0.15, 0.2) is 0 Å². The first-order valence-corrected chi connectivity index (χ1v) is 17.6. The lowest BCUT2D eigenvalue weighted by atomic mass is 10.0. The molecule has 0 aromatic heterocycles. The molecule has 1 atom stereocenters. The van der Waals surface area contributed by atoms with E-state index < -0.39 is 5.97 Å². The molecule has 0 heterocycles. The predicted octanol–water partition coefficient (Wildman–Crippen LogP) is 9.12. The van der Waals surface area contributed by atoms with Crippen LogP contribution >= 0.6 is 0 Å². The molecule has 0 aliphatic rings. The third-order valence-corrected chi connectivity index (χ3v) is 8.49. The van der Waals surface area contributed by atoms with Crippen LogP contribution in [0.3, 0.4) is 0 Å². The summed E-state index contributed by atoms with van der Waals surface area (Å²) in [6.07, 6.45) is 35.3. The minimum absolute atomic E-state index is 0.165. The number of likely N-dealkylation sites (N-methyl/N-ethyl adjacent to an activating group) is 1. The largest absolute Gasteiger partial charge is 0.550 e. The summed E-state index contributed by atoms with van der Waals surface area (Å²) in [4.78, 5) is 10.4. The number of nitrogens with zero attached hydrogens (tertiary/aromatic N) is 1. The maximum absolute atomic E-state index is 10.5. The highest BCUT2D eigenvalue weighted by molar-refractivity contribution is 5.64. The van der Waals surface area contributed by atoms with Crippen molar-refractivity contribution in [1.29, 1.82) is 0 Å². The van der Waals surface area contributed by atoms with Gasteiger partial charge in [0.1, 0.15) is 12.6 Å². The number of carboxylic acids is 1. The molecule has 0 bridgehead atoms. The van der Waals surface area contributed by atoms with E-state index in [4.69, 9.17) is 0 Å². The highest BCUT2D eigenvalue weighted by Crippen LogP contribution is 2.16. The highest BCUT2D eigenvalue weighted by Gasteiger charge is 2.19. The third-order valence-electron chi connectivity index (χ3n) is 8.49. The number of hydrogen-bond donors (Lipinski definition) is 1. The van der Waals surface area contributed by atoms with Crippen LogP contribution in [0.5, 0.6) is 0 Å². The van der Waals surface area contributed by atoms with E-state index in [1.54, 1.807) is 0 Å². The summed E-state index contributed by atoms with van der Waals surface area (Å²) in [6, 6.07) is 0. The SMILES string of the molecule is CCCCCCCCCCCCCCCCCCCCC(O)C[N+](C)(C)CCCCCCCCCCC(=O)[O-]. The van der Waals surface area contributed by atoms with Crippen molar-refractivity contribution in [3.63, 3.8) is 0 Å². The van der Waals surface area contributed by atoms with Crippen molar-refractivity contribution in [1.82, 2.24) is 0 Å². The first-order chi connectivity index (χ1) is 18.9. The molecule has 0 amide bonds. The van der Waals surface area contributed by atoms with Gasteiger partial charge in [-0.1, -0.05) is 155 Å². The molecular formula is C35H71NO3. The Labute approximate surface area is 245 Å². The zero-order chi connectivity index (χ0) is 28.9. The molecule has 0 rings (SSSR count). The van der Waals surface area contributed by atoms with Crippen LogP contribution in [0.1, 0.15) is 187 Å². The Bertz CT molecular complexity index is 508. The van der Waals surface area contributed by atoms with Gasteiger partial charge >= 0.3 is 0 Å². The molecule has 1 N–H and O–H groups in total. The van der Waals surface area contributed by atoms with Crippen molar-refractivity contribution in [2.45, 2.75) is 193 Å². The first kappa shape index (κ1) is 38.4. The molecule has 0 aromatic rings. The van der Waals surface area contributed by atoms with Crippen LogP contribution in [0.2, 0.25) is 0 Å². The Morgan fingerprint density at radius 1 is 0.564 bits per heavy atom. The minimum Gasteiger partial charge on any atom is -0.550 e. The van der Waals surface area contributed by atoms with E-state index in [2.05, 4.69) is 21.0 Å². The number of unbranched alkanes of at least 4 members (excludes halogenated alkanes) is 24. The molecule has 0 radical (unpaired) electrons. The van der Waals surface area contributed by atoms with Crippen LogP contribution in [0, 0.1) is 0 Å². The number of hydrogen-bond acceptors (Lipinski definition) is 3. The maximum atomic E-state index is 10.5. The van der Waals surface area contributed by atoms with Crippen molar-refractivity contribution in [3.8, 4) is 0 Å². The molecule has 0 aliphatic carbocycles. The average molecular weight is 554 g/mol. The van der Waals surface area contributed by atoms with Gasteiger partial charge in [0, 0.05) is 5.97 Å². The topological polar surface area (TPSA) is 60.4 Å². The molecule has 0 aliphatic heterocycles. The van der Waals surface area contributed by atoms with Crippen molar-refractivity contribution in [2.75, 3.05) is 27.2 Å². The fourth-order valence-corrected chi connectivity index (χ4v) is 5.90. The molecule has 1 unspecified atom stereocenters. The summed E-state index contributed by atoms with van der Waals surface area (Å²) >= 11 is 0. The lowest BCUT2D eigenvalue weighted by Crippen LogP contribution is -2.45. The lowest BCUT2D eigenvalue weighted by Gasteiger charge is -2.32. The Balaban J connectivity index is 3.39. The number of carbonyl (C=O) groups excluding carboxylic acids is 1. The van der Waals surface area contributed by atoms with Crippen molar-refractivity contribution < 1.29 is 19.5 Å². The smallest absolute Gasteiger partial charge is 0.105 e. The van der Waals surface area contributed by atoms with E-state index in [0.717, 1.165) is 43.3 Å². The molecule has 39 heavy (non-hydrogen) atoms. The second kappa shape index (κ2) is 28.9. The van der Waals surface area contributed by atoms with E-state index in [-0.39, 0.29) is 12.5 Å². The van der Waals surface area contributed by atoms with Gasteiger partial charge in [0.15, 0.2) is 0 Å². The van der Waals surface area contributed by atoms with Gasteiger partial charge in [0.25, 0.3) is 0 Å². The summed E-state index contributed by atoms with van der Waals surface area (Å²) in [5.74, 6) is -0.920. The molecular weight excluding hydrogens is 482 g/mol. The number of aliphatic carboxylic acids is 1. The standard InChI is InChI=1S/C35H71NO3/c1-4-5-6-7-8-9-10-11-12-13-14-15-16-17-18-21-24-27-30-34(37)33-36(2,3)32-29-26-23-20-19-22-25-28-31-35(38)39/h34,37H,4-33H2,1-3H3. The molecule has 0 aromatic carbocycles. The van der Waals surface area contributed by atoms with Gasteiger partial charge in [-0.2, -0.15) is 0 Å². The minimum atomic E-state index is -0.920. The zero-order valence-electron chi connectivity index (χ0n) is 27.0. The normalized spacial score (nSPS) is 12.7. The molecule has 0 saturated carbocycles. The second-order valence-corrected chi connectivity index (χ2v) is 13.2. The van der Waals surface area contributed by atoms with E-state index in [1.165, 1.54) is 148 Å². The maximum Gasteiger partial charge on any atom is 0.105 e. The van der Waals surface area contributed by atoms with Crippen LogP contribution in [0.4, 0.5) is 0 Å². The van der Waals surface area contributed by atoms with Crippen LogP contribution in [-0.2, 0) is 4.79 Å². The van der Waals surface area contributed by atoms with Crippen LogP contribution in [0.25, 0.3) is 0 Å². The van der Waals surface area contributed by atoms with Crippen LogP contribution < -0.4 is 5.11 Å². The van der Waals surface area contributed by atoms with E-state index in [0.29, 0.717) is 0 Å². The zero-order valence-corrected chi connectivity index (χ0v) is 27.0. The van der Waals surface area contributed by atoms with Crippen molar-refractivity contribution in [2.24, 2.45) is 0 Å². The van der Waals surface area contributed by atoms with Gasteiger partial charge in [0.05, 0.1) is 20.6 Å². The predicted molar refractivity (Wildman–Crippen MR) is 168 cm³/mol. The number of carbonyl (C=O) groups is 1. The summed E-state index contributed by atoms with van der Waals surface area (Å²) in [7, 11) is 4.52. The number of rotatable bonds is 32. The second-order valence-electron chi connectivity index (χ2n) is 13.2. The van der Waals surface area contributed by atoms with Gasteiger partial charge in [-0.05, 0) is 32.1 Å². The molecule has 4 nitrogen and oxygen atoms in total. The number of quaternary nitrogens is 1. The summed E-state index contributed by atoms with van der Waals surface area (Å²) in [5, 5.41) is 20.9. The summed E-state index contributed by atoms with van der Waals surface area (Å²) in [6.45, 7) is 4.30. The van der Waals surface area contributed by atoms with Gasteiger partial charge in [0.2, 0.25) is 0 Å². The lowest BCUT2D eigenvalue weighted by molar-refractivity contribution is -0.893. The number of aliphatic hydroxyl groups excluding tert-OH is 1. The van der Waals surface area contributed by atoms with Gasteiger partial charge in [-0.15, -0.1) is 0 Å². The molecule has 0 spiro atoms. The Morgan fingerprint density at radius 2 is 0.897 bits per heavy atom. The number of aliphatic hydroxyl groups is 1. The van der Waals surface area contributed by atoms with E-state index in [9.17, 15) is 15.0 Å². The Hall–Kier alpha value is -0.610. The van der Waals surface area contributed by atoms with E-state index >= 15 is 0 Å². The summed E-state index contributed by atoms with van der Waals surface area (Å²) < 4.78 is 0.920. The quantitative estimate of drug-likeness (QED) is 0.0667. The molecule has 4 heteroatoms. The highest BCUT2D eigenvalue weighted by atomic mass is 16.4. The number of carboxylic acid groups (broad SMARTS) is 1. The Kier molecular flexibility index (Phi) is 28.4. The fraction of sp³-hybridized carbons (Fsp3) is 0.971. The van der Waals surface area contributed by atoms with Crippen molar-refractivity contribution in [3.05, 3.63) is 0 Å². The molecule has 234 valence electrons. The summed E-state index contributed by atoms with van der Waals surface area (Å²) in [5.41, 5.74) is 0. The van der Waals surface area contributed by atoms with Gasteiger partial charge < -0.3 is 19.5 Å². The van der Waals surface area contributed by atoms with E-state index in [1.807, 2.05) is 0 Å². The Morgan fingerprint density at radius 3 is 1.28 bits per heavy atom.